The fourth-order valence-corrected chi connectivity index (χ4v) is 4.26. The van der Waals surface area contributed by atoms with E-state index in [1.54, 1.807) is 12.1 Å². The van der Waals surface area contributed by atoms with Crippen molar-refractivity contribution in [3.63, 3.8) is 0 Å². The van der Waals surface area contributed by atoms with Crippen LogP contribution in [0.15, 0.2) is 48.5 Å². The van der Waals surface area contributed by atoms with Gasteiger partial charge in [0, 0.05) is 11.6 Å². The minimum atomic E-state index is -3.78. The first-order valence-corrected chi connectivity index (χ1v) is 11.4. The molecule has 0 unspecified atom stereocenters. The molecule has 1 heterocycles. The van der Waals surface area contributed by atoms with Gasteiger partial charge in [0.15, 0.2) is 0 Å². The Hall–Kier alpha value is -3.18. The van der Waals surface area contributed by atoms with Gasteiger partial charge in [-0.25, -0.2) is 8.42 Å². The lowest BCUT2D eigenvalue weighted by Crippen LogP contribution is -2.37. The average molecular weight is 449 g/mol. The highest BCUT2D eigenvalue weighted by Gasteiger charge is 2.25. The van der Waals surface area contributed by atoms with Crippen LogP contribution < -0.4 is 19.1 Å². The molecule has 9 nitrogen and oxygen atoms in total. The number of amides is 1. The second-order valence-electron chi connectivity index (χ2n) is 6.13. The van der Waals surface area contributed by atoms with Crippen molar-refractivity contribution in [2.45, 2.75) is 0 Å². The zero-order chi connectivity index (χ0) is 21.7. The molecule has 0 aliphatic carbocycles. The van der Waals surface area contributed by atoms with Crippen molar-refractivity contribution in [1.82, 2.24) is 10.2 Å². The van der Waals surface area contributed by atoms with Crippen molar-refractivity contribution in [1.29, 1.82) is 0 Å². The van der Waals surface area contributed by atoms with Crippen molar-refractivity contribution in [2.75, 3.05) is 36.6 Å². The maximum atomic E-state index is 12.6. The lowest BCUT2D eigenvalue weighted by Gasteiger charge is -2.23. The van der Waals surface area contributed by atoms with Crippen molar-refractivity contribution in [2.24, 2.45) is 0 Å². The Kier molecular flexibility index (Phi) is 6.53. The summed E-state index contributed by atoms with van der Waals surface area (Å²) in [6, 6.07) is 14.1. The van der Waals surface area contributed by atoms with E-state index >= 15 is 0 Å². The minimum Gasteiger partial charge on any atom is -0.497 e. The Morgan fingerprint density at radius 1 is 1.10 bits per heavy atom. The number of aromatic nitrogens is 2. The van der Waals surface area contributed by atoms with Gasteiger partial charge in [-0.05, 0) is 12.1 Å². The number of anilines is 2. The summed E-state index contributed by atoms with van der Waals surface area (Å²) in [7, 11) is -0.880. The third kappa shape index (κ3) is 5.05. The maximum absolute atomic E-state index is 12.6. The first kappa shape index (κ1) is 21.5. The standard InChI is InChI=1S/C19H20N4O5S2/c1-27-14-9-10-15(16(11-14)28-2)23(30(3,25)26)12-17(24)20-19-22-21-18(29-19)13-7-5-4-6-8-13/h4-11H,12H2,1-3H3,(H,20,22,24). The van der Waals surface area contributed by atoms with Crippen molar-refractivity contribution in [3.05, 3.63) is 48.5 Å². The monoisotopic (exact) mass is 448 g/mol. The van der Waals surface area contributed by atoms with Gasteiger partial charge >= 0.3 is 0 Å². The van der Waals surface area contributed by atoms with Crippen LogP contribution in [0.1, 0.15) is 0 Å². The first-order chi connectivity index (χ1) is 14.3. The van der Waals surface area contributed by atoms with E-state index in [0.717, 1.165) is 16.1 Å². The molecule has 3 aromatic rings. The summed E-state index contributed by atoms with van der Waals surface area (Å²) in [5.74, 6) is 0.194. The number of nitrogens with one attached hydrogen (secondary N) is 1. The number of carbonyl (C=O) groups excluding carboxylic acids is 1. The van der Waals surface area contributed by atoms with Gasteiger partial charge in [-0.3, -0.25) is 14.4 Å². The molecule has 2 aromatic carbocycles. The van der Waals surface area contributed by atoms with Gasteiger partial charge in [-0.15, -0.1) is 10.2 Å². The molecule has 0 spiro atoms. The van der Waals surface area contributed by atoms with Crippen LogP contribution in [0.25, 0.3) is 10.6 Å². The molecule has 0 saturated heterocycles. The molecule has 0 bridgehead atoms. The highest BCUT2D eigenvalue weighted by Crippen LogP contribution is 2.33. The molecular weight excluding hydrogens is 428 g/mol. The molecule has 30 heavy (non-hydrogen) atoms. The molecule has 0 aliphatic heterocycles. The Bertz CT molecular complexity index is 1130. The average Bonchev–Trinajstić information content (AvgIpc) is 3.20. The third-order valence-corrected chi connectivity index (χ3v) is 6.05. The highest BCUT2D eigenvalue weighted by atomic mass is 32.2. The predicted octanol–water partition coefficient (Wildman–Crippen LogP) is 2.63. The second kappa shape index (κ2) is 9.09. The summed E-state index contributed by atoms with van der Waals surface area (Å²) in [4.78, 5) is 12.6. The summed E-state index contributed by atoms with van der Waals surface area (Å²) < 4.78 is 36.1. The normalized spacial score (nSPS) is 11.0. The Morgan fingerprint density at radius 3 is 2.47 bits per heavy atom. The van der Waals surface area contributed by atoms with E-state index in [4.69, 9.17) is 9.47 Å². The van der Waals surface area contributed by atoms with Crippen LogP contribution in [-0.4, -0.2) is 51.5 Å². The van der Waals surface area contributed by atoms with Crippen LogP contribution in [0.3, 0.4) is 0 Å². The first-order valence-electron chi connectivity index (χ1n) is 8.70. The van der Waals surface area contributed by atoms with Crippen molar-refractivity contribution < 1.29 is 22.7 Å². The van der Waals surface area contributed by atoms with Gasteiger partial charge in [0.25, 0.3) is 0 Å². The number of methoxy groups -OCH3 is 2. The Balaban J connectivity index is 1.80. The molecule has 1 amide bonds. The van der Waals surface area contributed by atoms with Crippen molar-refractivity contribution in [3.8, 4) is 22.1 Å². The molecule has 0 saturated carbocycles. The molecule has 0 atom stereocenters. The van der Waals surface area contributed by atoms with Crippen molar-refractivity contribution >= 4 is 38.1 Å². The number of hydrogen-bond acceptors (Lipinski definition) is 8. The van der Waals surface area contributed by atoms with E-state index in [1.807, 2.05) is 30.3 Å². The molecule has 1 aromatic heterocycles. The van der Waals surface area contributed by atoms with Crippen LogP contribution >= 0.6 is 11.3 Å². The number of benzene rings is 2. The molecule has 0 fully saturated rings. The van der Waals surface area contributed by atoms with E-state index in [9.17, 15) is 13.2 Å². The summed E-state index contributed by atoms with van der Waals surface area (Å²) in [5.41, 5.74) is 1.09. The number of nitrogens with zero attached hydrogens (tertiary/aromatic N) is 3. The number of hydrogen-bond donors (Lipinski definition) is 1. The van der Waals surface area contributed by atoms with Gasteiger partial charge in [0.05, 0.1) is 26.2 Å². The zero-order valence-corrected chi connectivity index (χ0v) is 18.2. The second-order valence-corrected chi connectivity index (χ2v) is 9.02. The van der Waals surface area contributed by atoms with Gasteiger partial charge in [0.2, 0.25) is 21.1 Å². The molecule has 3 rings (SSSR count). The molecule has 0 radical (unpaired) electrons. The van der Waals surface area contributed by atoms with Gasteiger partial charge < -0.3 is 9.47 Å². The van der Waals surface area contributed by atoms with Crippen LogP contribution in [0, 0.1) is 0 Å². The summed E-state index contributed by atoms with van der Waals surface area (Å²) >= 11 is 1.19. The highest BCUT2D eigenvalue weighted by molar-refractivity contribution is 7.92. The van der Waals surface area contributed by atoms with E-state index in [1.165, 1.54) is 31.6 Å². The predicted molar refractivity (Wildman–Crippen MR) is 116 cm³/mol. The van der Waals surface area contributed by atoms with E-state index < -0.39 is 22.5 Å². The van der Waals surface area contributed by atoms with Crippen LogP contribution in [-0.2, 0) is 14.8 Å². The van der Waals surface area contributed by atoms with E-state index in [2.05, 4.69) is 15.5 Å². The zero-order valence-electron chi connectivity index (χ0n) is 16.5. The molecule has 158 valence electrons. The van der Waals surface area contributed by atoms with Gasteiger partial charge in [0.1, 0.15) is 23.1 Å². The lowest BCUT2D eigenvalue weighted by atomic mass is 10.2. The molecular formula is C19H20N4O5S2. The number of sulfonamides is 1. The smallest absolute Gasteiger partial charge is 0.246 e. The topological polar surface area (TPSA) is 111 Å². The number of carbonyl (C=O) groups is 1. The Morgan fingerprint density at radius 2 is 1.83 bits per heavy atom. The third-order valence-electron chi connectivity index (χ3n) is 4.04. The van der Waals surface area contributed by atoms with Gasteiger partial charge in [-0.2, -0.15) is 0 Å². The van der Waals surface area contributed by atoms with Gasteiger partial charge in [-0.1, -0.05) is 41.7 Å². The fourth-order valence-electron chi connectivity index (χ4n) is 2.63. The van der Waals surface area contributed by atoms with Crippen LogP contribution in [0.2, 0.25) is 0 Å². The summed E-state index contributed by atoms with van der Waals surface area (Å²) in [5, 5.41) is 11.5. The quantitative estimate of drug-likeness (QED) is 0.564. The minimum absolute atomic E-state index is 0.221. The number of rotatable bonds is 8. The summed E-state index contributed by atoms with van der Waals surface area (Å²) in [6.45, 7) is -0.457. The van der Waals surface area contributed by atoms with Crippen LogP contribution in [0.4, 0.5) is 10.8 Å². The molecule has 0 aliphatic rings. The van der Waals surface area contributed by atoms with Crippen LogP contribution in [0.5, 0.6) is 11.5 Å². The molecule has 1 N–H and O–H groups in total. The Labute approximate surface area is 178 Å². The lowest BCUT2D eigenvalue weighted by molar-refractivity contribution is -0.114. The van der Waals surface area contributed by atoms with E-state index in [0.29, 0.717) is 10.8 Å². The fraction of sp³-hybridized carbons (Fsp3) is 0.211. The molecule has 11 heteroatoms. The maximum Gasteiger partial charge on any atom is 0.246 e. The summed E-state index contributed by atoms with van der Waals surface area (Å²) in [6.07, 6.45) is 1.02. The number of ether oxygens (including phenoxy) is 2. The van der Waals surface area contributed by atoms with E-state index in [-0.39, 0.29) is 16.6 Å². The largest absolute Gasteiger partial charge is 0.497 e. The SMILES string of the molecule is COc1ccc(N(CC(=O)Nc2nnc(-c3ccccc3)s2)S(C)(=O)=O)c(OC)c1.